The van der Waals surface area contributed by atoms with E-state index in [4.69, 9.17) is 0 Å². The lowest BCUT2D eigenvalue weighted by molar-refractivity contribution is 0.0915. The lowest BCUT2D eigenvalue weighted by atomic mass is 9.96. The Bertz CT molecular complexity index is 1250. The van der Waals surface area contributed by atoms with Crippen LogP contribution in [0.1, 0.15) is 50.5 Å². The summed E-state index contributed by atoms with van der Waals surface area (Å²) < 4.78 is 16.6. The fraction of sp³-hybridized carbons (Fsp3) is 0.462. The van der Waals surface area contributed by atoms with Crippen LogP contribution >= 0.6 is 0 Å². The number of hydrogen-bond acceptors (Lipinski definition) is 7. The van der Waals surface area contributed by atoms with Crippen LogP contribution in [0.4, 0.5) is 10.2 Å². The van der Waals surface area contributed by atoms with Crippen molar-refractivity contribution in [2.45, 2.75) is 69.9 Å². The van der Waals surface area contributed by atoms with Crippen LogP contribution in [0.15, 0.2) is 42.9 Å². The number of imidazole rings is 1. The number of hydrogen-bond donors (Lipinski definition) is 3. The summed E-state index contributed by atoms with van der Waals surface area (Å²) in [5.41, 5.74) is 1.60. The number of aromatic nitrogens is 4. The minimum absolute atomic E-state index is 0.0241. The third kappa shape index (κ3) is 4.77. The molecule has 3 aromatic rings. The number of aromatic hydroxyl groups is 1. The third-order valence-corrected chi connectivity index (χ3v) is 6.92. The zero-order valence-electron chi connectivity index (χ0n) is 20.9. The average Bonchev–Trinajstić information content (AvgIpc) is 3.48. The molecule has 2 fully saturated rings. The zero-order chi connectivity index (χ0) is 25.6. The van der Waals surface area contributed by atoms with E-state index in [-0.39, 0.29) is 35.0 Å². The van der Waals surface area contributed by atoms with E-state index in [0.717, 1.165) is 19.3 Å². The topological polar surface area (TPSA) is 108 Å². The Kier molecular flexibility index (Phi) is 6.15. The summed E-state index contributed by atoms with van der Waals surface area (Å²) in [6.07, 6.45) is 4.83. The number of benzene rings is 1. The molecule has 0 unspecified atom stereocenters. The van der Waals surface area contributed by atoms with Crippen LogP contribution in [-0.4, -0.2) is 67.6 Å². The molecule has 1 aromatic carbocycles. The Labute approximate surface area is 209 Å². The second-order valence-corrected chi connectivity index (χ2v) is 10.8. The number of fused-ring (bicyclic) bond motifs is 2. The summed E-state index contributed by atoms with van der Waals surface area (Å²) in [6.45, 7) is 5.71. The highest BCUT2D eigenvalue weighted by atomic mass is 19.1. The van der Waals surface area contributed by atoms with Gasteiger partial charge in [-0.2, -0.15) is 0 Å². The van der Waals surface area contributed by atoms with Gasteiger partial charge in [0.2, 0.25) is 0 Å². The van der Waals surface area contributed by atoms with Crippen molar-refractivity contribution >= 4 is 11.7 Å². The van der Waals surface area contributed by atoms with Crippen LogP contribution < -0.4 is 15.5 Å². The number of nitrogens with zero attached hydrogens (tertiary/aromatic N) is 5. The number of amides is 1. The fourth-order valence-electron chi connectivity index (χ4n) is 5.06. The van der Waals surface area contributed by atoms with Crippen molar-refractivity contribution in [1.29, 1.82) is 0 Å². The number of phenols is 1. The zero-order valence-corrected chi connectivity index (χ0v) is 20.9. The van der Waals surface area contributed by atoms with Gasteiger partial charge in [0.25, 0.3) is 5.91 Å². The van der Waals surface area contributed by atoms with E-state index in [0.29, 0.717) is 28.8 Å². The fourth-order valence-corrected chi connectivity index (χ4v) is 5.06. The van der Waals surface area contributed by atoms with Gasteiger partial charge in [0.15, 0.2) is 5.82 Å². The monoisotopic (exact) mass is 493 g/mol. The number of rotatable bonds is 5. The van der Waals surface area contributed by atoms with Crippen molar-refractivity contribution in [1.82, 2.24) is 30.4 Å². The van der Waals surface area contributed by atoms with E-state index < -0.39 is 6.17 Å². The summed E-state index contributed by atoms with van der Waals surface area (Å²) >= 11 is 0. The Morgan fingerprint density at radius 2 is 2.03 bits per heavy atom. The van der Waals surface area contributed by atoms with E-state index in [1.807, 2.05) is 44.9 Å². The normalized spacial score (nSPS) is 23.5. The predicted octanol–water partition coefficient (Wildman–Crippen LogP) is 3.23. The molecule has 0 saturated carbocycles. The molecule has 36 heavy (non-hydrogen) atoms. The van der Waals surface area contributed by atoms with Crippen molar-refractivity contribution in [2.24, 2.45) is 0 Å². The number of anilines is 1. The Morgan fingerprint density at radius 1 is 1.22 bits per heavy atom. The number of piperidine rings is 1. The quantitative estimate of drug-likeness (QED) is 0.501. The molecular formula is C26H32FN7O2. The van der Waals surface area contributed by atoms with Crippen molar-refractivity contribution < 1.29 is 14.3 Å². The highest BCUT2D eigenvalue weighted by Gasteiger charge is 2.43. The summed E-state index contributed by atoms with van der Waals surface area (Å²) in [6, 6.07) is 8.77. The third-order valence-electron chi connectivity index (χ3n) is 6.92. The minimum Gasteiger partial charge on any atom is -0.507 e. The standard InChI is InChI=1S/C26H32FN7O2/c1-26(2,3)30-25(36)20-13-34(14-28-20)16-6-7-17(22(35)12-16)18-9-10-23(32-31-18)33(4)21-11-15-5-8-19(29-15)24(21)27/h6-7,9-10,12-15,19,21,24,29,35H,5,8,11H2,1-4H3,(H,30,36)/t15-,19+,21-,24-/m1/s1. The first-order chi connectivity index (χ1) is 17.1. The van der Waals surface area contributed by atoms with Crippen LogP contribution in [0.3, 0.4) is 0 Å². The summed E-state index contributed by atoms with van der Waals surface area (Å²) in [5, 5.41) is 25.6. The van der Waals surface area contributed by atoms with E-state index >= 15 is 0 Å². The lowest BCUT2D eigenvalue weighted by Gasteiger charge is -2.38. The minimum atomic E-state index is -0.949. The van der Waals surface area contributed by atoms with Gasteiger partial charge in [-0.15, -0.1) is 10.2 Å². The SMILES string of the molecule is CN(c1ccc(-c2ccc(-n3cnc(C(=O)NC(C)(C)C)c3)cc2O)nn1)[C@@H]1C[C@H]2CC[C@H](N2)[C@H]1F. The van der Waals surface area contributed by atoms with E-state index in [1.165, 1.54) is 6.33 Å². The van der Waals surface area contributed by atoms with Gasteiger partial charge in [0.1, 0.15) is 23.9 Å². The first-order valence-corrected chi connectivity index (χ1v) is 12.3. The summed E-state index contributed by atoms with van der Waals surface area (Å²) in [5.74, 6) is 0.359. The van der Waals surface area contributed by atoms with Gasteiger partial charge >= 0.3 is 0 Å². The Balaban J connectivity index is 1.31. The van der Waals surface area contributed by atoms with Gasteiger partial charge in [-0.25, -0.2) is 9.37 Å². The Morgan fingerprint density at radius 3 is 2.72 bits per heavy atom. The van der Waals surface area contributed by atoms with Crippen LogP contribution in [-0.2, 0) is 0 Å². The molecule has 5 rings (SSSR count). The van der Waals surface area contributed by atoms with Crippen molar-refractivity contribution in [3.63, 3.8) is 0 Å². The molecule has 2 aliphatic heterocycles. The first-order valence-electron chi connectivity index (χ1n) is 12.3. The lowest BCUT2D eigenvalue weighted by Crippen LogP contribution is -2.55. The number of carbonyl (C=O) groups excluding carboxylic acids is 1. The largest absolute Gasteiger partial charge is 0.507 e. The molecule has 1 amide bonds. The van der Waals surface area contributed by atoms with Crippen molar-refractivity contribution in [2.75, 3.05) is 11.9 Å². The number of carbonyl (C=O) groups is 1. The summed E-state index contributed by atoms with van der Waals surface area (Å²) in [7, 11) is 1.86. The van der Waals surface area contributed by atoms with Gasteiger partial charge in [-0.3, -0.25) is 4.79 Å². The van der Waals surface area contributed by atoms with E-state index in [1.54, 1.807) is 29.0 Å². The maximum Gasteiger partial charge on any atom is 0.271 e. The number of alkyl halides is 1. The highest BCUT2D eigenvalue weighted by molar-refractivity contribution is 5.92. The molecule has 0 spiro atoms. The highest BCUT2D eigenvalue weighted by Crippen LogP contribution is 2.34. The molecule has 2 aliphatic rings. The van der Waals surface area contributed by atoms with Gasteiger partial charge < -0.3 is 25.2 Å². The Hall–Kier alpha value is -3.53. The molecule has 190 valence electrons. The maximum atomic E-state index is 15.0. The molecule has 2 saturated heterocycles. The second kappa shape index (κ2) is 9.16. The molecule has 10 heteroatoms. The van der Waals surface area contributed by atoms with Crippen molar-refractivity contribution in [3.05, 3.63) is 48.5 Å². The summed E-state index contributed by atoms with van der Waals surface area (Å²) in [4.78, 5) is 18.4. The van der Waals surface area contributed by atoms with Crippen LogP contribution in [0.5, 0.6) is 5.75 Å². The molecule has 2 aromatic heterocycles. The number of halogens is 1. The van der Waals surface area contributed by atoms with Crippen molar-refractivity contribution in [3.8, 4) is 22.7 Å². The van der Waals surface area contributed by atoms with E-state index in [9.17, 15) is 14.3 Å². The second-order valence-electron chi connectivity index (χ2n) is 10.8. The molecule has 3 N–H and O–H groups in total. The van der Waals surface area contributed by atoms with Gasteiger partial charge in [0, 0.05) is 42.5 Å². The smallest absolute Gasteiger partial charge is 0.271 e. The number of nitrogens with one attached hydrogen (secondary N) is 2. The maximum absolute atomic E-state index is 15.0. The predicted molar refractivity (Wildman–Crippen MR) is 135 cm³/mol. The molecule has 0 radical (unpaired) electrons. The van der Waals surface area contributed by atoms with Gasteiger partial charge in [0.05, 0.1) is 17.4 Å². The molecule has 4 atom stereocenters. The van der Waals surface area contributed by atoms with Crippen LogP contribution in [0.2, 0.25) is 0 Å². The molecule has 0 aliphatic carbocycles. The van der Waals surface area contributed by atoms with Crippen LogP contribution in [0, 0.1) is 0 Å². The van der Waals surface area contributed by atoms with Crippen LogP contribution in [0.25, 0.3) is 16.9 Å². The molecular weight excluding hydrogens is 461 g/mol. The first kappa shape index (κ1) is 24.2. The van der Waals surface area contributed by atoms with E-state index in [2.05, 4.69) is 25.8 Å². The molecule has 2 bridgehead atoms. The average molecular weight is 494 g/mol. The molecule has 4 heterocycles. The number of phenolic OH excluding ortho intramolecular Hbond substituents is 1. The van der Waals surface area contributed by atoms with Gasteiger partial charge in [-0.05, 0) is 64.3 Å². The molecule has 9 nitrogen and oxygen atoms in total. The van der Waals surface area contributed by atoms with Gasteiger partial charge in [-0.1, -0.05) is 0 Å².